The van der Waals surface area contributed by atoms with Gasteiger partial charge in [-0.1, -0.05) is 18.2 Å². The van der Waals surface area contributed by atoms with Crippen LogP contribution in [-0.2, 0) is 27.8 Å². The molecule has 2 aromatic carbocycles. The van der Waals surface area contributed by atoms with Crippen molar-refractivity contribution < 1.29 is 17.5 Å². The number of fused-ring (bicyclic) bond motifs is 1. The van der Waals surface area contributed by atoms with Crippen molar-refractivity contribution in [3.63, 3.8) is 0 Å². The van der Waals surface area contributed by atoms with E-state index in [1.165, 1.54) is 0 Å². The summed E-state index contributed by atoms with van der Waals surface area (Å²) >= 11 is 0. The standard InChI is InChI=1S/C28H32FN7O3S/c29-25-19-30-28(34-27(25)32-22-4-1-20(2-5-22)18-31-40(37,38)24-7-8-24)33-23-6-3-21-9-10-36(26(21)17-23)12-11-35-13-15-39-16-14-35/h1-6,9-10,17,19,24,31H,7-8,11-16,18H2,(H2,30,32,33,34). The Balaban J connectivity index is 1.10. The number of aromatic nitrogens is 3. The molecule has 3 N–H and O–H groups in total. The van der Waals surface area contributed by atoms with E-state index in [4.69, 9.17) is 4.74 Å². The van der Waals surface area contributed by atoms with Crippen LogP contribution < -0.4 is 15.4 Å². The summed E-state index contributed by atoms with van der Waals surface area (Å²) in [7, 11) is -3.25. The molecule has 12 heteroatoms. The summed E-state index contributed by atoms with van der Waals surface area (Å²) in [6.45, 7) is 5.52. The minimum absolute atomic E-state index is 0.0367. The Morgan fingerprint density at radius 3 is 2.52 bits per heavy atom. The summed E-state index contributed by atoms with van der Waals surface area (Å²) in [5.41, 5.74) is 3.33. The van der Waals surface area contributed by atoms with Crippen LogP contribution in [0.5, 0.6) is 0 Å². The topological polar surface area (TPSA) is 113 Å². The Kier molecular flexibility index (Phi) is 7.65. The average Bonchev–Trinajstić information content (AvgIpc) is 3.76. The Morgan fingerprint density at radius 1 is 0.975 bits per heavy atom. The predicted octanol–water partition coefficient (Wildman–Crippen LogP) is 3.97. The Hall–Kier alpha value is -3.58. The van der Waals surface area contributed by atoms with Crippen molar-refractivity contribution in [2.24, 2.45) is 0 Å². The number of halogens is 1. The molecule has 1 saturated carbocycles. The van der Waals surface area contributed by atoms with Crippen molar-refractivity contribution in [3.8, 4) is 0 Å². The van der Waals surface area contributed by atoms with Gasteiger partial charge in [-0.25, -0.2) is 22.5 Å². The minimum atomic E-state index is -3.25. The second-order valence-electron chi connectivity index (χ2n) is 10.1. The zero-order valence-electron chi connectivity index (χ0n) is 22.0. The summed E-state index contributed by atoms with van der Waals surface area (Å²) in [6, 6.07) is 15.2. The van der Waals surface area contributed by atoms with Gasteiger partial charge in [0.15, 0.2) is 11.6 Å². The molecule has 40 heavy (non-hydrogen) atoms. The van der Waals surface area contributed by atoms with E-state index in [1.54, 1.807) is 24.3 Å². The maximum atomic E-state index is 14.6. The number of ether oxygens (including phenoxy) is 1. The molecular formula is C28H32FN7O3S. The first-order valence-corrected chi connectivity index (χ1v) is 15.0. The predicted molar refractivity (Wildman–Crippen MR) is 153 cm³/mol. The number of morpholine rings is 1. The fourth-order valence-electron chi connectivity index (χ4n) is 4.70. The zero-order chi connectivity index (χ0) is 27.5. The molecule has 2 fully saturated rings. The van der Waals surface area contributed by atoms with Crippen molar-refractivity contribution in [3.05, 3.63) is 72.3 Å². The second kappa shape index (κ2) is 11.5. The summed E-state index contributed by atoms with van der Waals surface area (Å²) in [5.74, 6) is -0.283. The van der Waals surface area contributed by atoms with Crippen LogP contribution in [0, 0.1) is 5.82 Å². The normalized spacial score (nSPS) is 16.3. The van der Waals surface area contributed by atoms with Gasteiger partial charge in [-0.3, -0.25) is 4.90 Å². The number of rotatable bonds is 11. The SMILES string of the molecule is O=S(=O)(NCc1ccc(Nc2nc(Nc3ccc4ccn(CCN5CCOCC5)c4c3)ncc2F)cc1)C1CC1. The summed E-state index contributed by atoms with van der Waals surface area (Å²) in [4.78, 5) is 10.9. The smallest absolute Gasteiger partial charge is 0.229 e. The van der Waals surface area contributed by atoms with Crippen LogP contribution in [0.2, 0.25) is 0 Å². The van der Waals surface area contributed by atoms with Crippen LogP contribution in [-0.4, -0.2) is 66.0 Å². The molecular weight excluding hydrogens is 533 g/mol. The van der Waals surface area contributed by atoms with Gasteiger partial charge in [-0.15, -0.1) is 0 Å². The van der Waals surface area contributed by atoms with Crippen molar-refractivity contribution in [1.29, 1.82) is 0 Å². The fourth-order valence-corrected chi connectivity index (χ4v) is 6.06. The molecule has 0 radical (unpaired) electrons. The molecule has 0 spiro atoms. The minimum Gasteiger partial charge on any atom is -0.379 e. The molecule has 0 bridgehead atoms. The highest BCUT2D eigenvalue weighted by Crippen LogP contribution is 2.28. The molecule has 0 amide bonds. The van der Waals surface area contributed by atoms with Gasteiger partial charge in [0.25, 0.3) is 0 Å². The Morgan fingerprint density at radius 2 is 1.75 bits per heavy atom. The average molecular weight is 566 g/mol. The number of benzene rings is 2. The molecule has 6 rings (SSSR count). The number of hydrogen-bond acceptors (Lipinski definition) is 8. The first-order valence-electron chi connectivity index (χ1n) is 13.5. The van der Waals surface area contributed by atoms with E-state index in [1.807, 2.05) is 18.2 Å². The van der Waals surface area contributed by atoms with E-state index in [9.17, 15) is 12.8 Å². The molecule has 1 aliphatic heterocycles. The first kappa shape index (κ1) is 26.6. The molecule has 2 aromatic heterocycles. The summed E-state index contributed by atoms with van der Waals surface area (Å²) in [6.07, 6.45) is 4.66. The number of sulfonamides is 1. The van der Waals surface area contributed by atoms with Crippen molar-refractivity contribution >= 4 is 44.1 Å². The lowest BCUT2D eigenvalue weighted by Gasteiger charge is -2.26. The van der Waals surface area contributed by atoms with E-state index < -0.39 is 15.8 Å². The van der Waals surface area contributed by atoms with Crippen LogP contribution in [0.4, 0.5) is 27.5 Å². The quantitative estimate of drug-likeness (QED) is 0.250. The first-order chi connectivity index (χ1) is 19.4. The number of nitrogens with one attached hydrogen (secondary N) is 3. The lowest BCUT2D eigenvalue weighted by atomic mass is 10.2. The Labute approximate surface area is 232 Å². The van der Waals surface area contributed by atoms with Gasteiger partial charge in [-0.2, -0.15) is 4.98 Å². The van der Waals surface area contributed by atoms with Crippen LogP contribution >= 0.6 is 0 Å². The largest absolute Gasteiger partial charge is 0.379 e. The molecule has 1 saturated heterocycles. The lowest BCUT2D eigenvalue weighted by Crippen LogP contribution is -2.38. The molecule has 3 heterocycles. The van der Waals surface area contributed by atoms with Gasteiger partial charge in [0, 0.05) is 50.3 Å². The fraction of sp³-hybridized carbons (Fsp3) is 0.357. The molecule has 210 valence electrons. The van der Waals surface area contributed by atoms with E-state index in [0.29, 0.717) is 5.69 Å². The highest BCUT2D eigenvalue weighted by molar-refractivity contribution is 7.90. The number of nitrogens with zero attached hydrogens (tertiary/aromatic N) is 4. The van der Waals surface area contributed by atoms with Gasteiger partial charge in [-0.05, 0) is 54.1 Å². The highest BCUT2D eigenvalue weighted by atomic mass is 32.2. The third-order valence-electron chi connectivity index (χ3n) is 7.19. The van der Waals surface area contributed by atoms with E-state index in [0.717, 1.165) is 80.6 Å². The van der Waals surface area contributed by atoms with Gasteiger partial charge < -0.3 is 19.9 Å². The highest BCUT2D eigenvalue weighted by Gasteiger charge is 2.35. The van der Waals surface area contributed by atoms with Crippen molar-refractivity contribution in [1.82, 2.24) is 24.2 Å². The summed E-state index contributed by atoms with van der Waals surface area (Å²) in [5, 5.41) is 7.06. The van der Waals surface area contributed by atoms with Gasteiger partial charge in [0.2, 0.25) is 16.0 Å². The van der Waals surface area contributed by atoms with Crippen LogP contribution in [0.1, 0.15) is 18.4 Å². The van der Waals surface area contributed by atoms with E-state index in [-0.39, 0.29) is 23.6 Å². The third kappa shape index (κ3) is 6.41. The molecule has 1 aliphatic carbocycles. The monoisotopic (exact) mass is 565 g/mol. The van der Waals surface area contributed by atoms with Crippen LogP contribution in [0.25, 0.3) is 10.9 Å². The van der Waals surface area contributed by atoms with E-state index in [2.05, 4.69) is 47.1 Å². The Bertz CT molecular complexity index is 1580. The maximum absolute atomic E-state index is 14.6. The molecule has 0 atom stereocenters. The van der Waals surface area contributed by atoms with Crippen molar-refractivity contribution in [2.75, 3.05) is 43.5 Å². The van der Waals surface area contributed by atoms with Gasteiger partial charge in [0.05, 0.1) is 30.2 Å². The van der Waals surface area contributed by atoms with Crippen LogP contribution in [0.15, 0.2) is 60.9 Å². The van der Waals surface area contributed by atoms with E-state index >= 15 is 0 Å². The lowest BCUT2D eigenvalue weighted by molar-refractivity contribution is 0.0365. The maximum Gasteiger partial charge on any atom is 0.229 e. The molecule has 4 aromatic rings. The van der Waals surface area contributed by atoms with Crippen LogP contribution in [0.3, 0.4) is 0 Å². The van der Waals surface area contributed by atoms with Gasteiger partial charge >= 0.3 is 0 Å². The number of anilines is 4. The second-order valence-corrected chi connectivity index (χ2v) is 12.2. The molecule has 2 aliphatic rings. The third-order valence-corrected chi connectivity index (χ3v) is 9.09. The zero-order valence-corrected chi connectivity index (χ0v) is 22.8. The number of hydrogen-bond donors (Lipinski definition) is 3. The summed E-state index contributed by atoms with van der Waals surface area (Å²) < 4.78 is 48.9. The van der Waals surface area contributed by atoms with Crippen molar-refractivity contribution in [2.45, 2.75) is 31.2 Å². The molecule has 0 unspecified atom stereocenters. The molecule has 10 nitrogen and oxygen atoms in total. The van der Waals surface area contributed by atoms with Gasteiger partial charge in [0.1, 0.15) is 0 Å².